The highest BCUT2D eigenvalue weighted by Crippen LogP contribution is 2.27. The smallest absolute Gasteiger partial charge is 0.189 e. The van der Waals surface area contributed by atoms with Gasteiger partial charge in [0.1, 0.15) is 11.6 Å². The highest BCUT2D eigenvalue weighted by molar-refractivity contribution is 7.22. The molecule has 0 radical (unpaired) electrons. The number of hydrogen-bond acceptors (Lipinski definition) is 5. The second kappa shape index (κ2) is 4.03. The number of nitrogen functional groups attached to an aromatic ring is 1. The van der Waals surface area contributed by atoms with Gasteiger partial charge in [-0.25, -0.2) is 9.97 Å². The molecule has 1 aromatic carbocycles. The van der Waals surface area contributed by atoms with Crippen molar-refractivity contribution in [2.75, 3.05) is 11.1 Å². The summed E-state index contributed by atoms with van der Waals surface area (Å²) in [6, 6.07) is 13.5. The second-order valence-corrected chi connectivity index (χ2v) is 4.59. The molecule has 0 unspecified atom stereocenters. The van der Waals surface area contributed by atoms with Crippen LogP contribution in [0.15, 0.2) is 42.5 Å². The molecule has 0 saturated carbocycles. The number of pyridine rings is 1. The van der Waals surface area contributed by atoms with Gasteiger partial charge < -0.3 is 11.1 Å². The van der Waals surface area contributed by atoms with E-state index in [9.17, 15) is 0 Å². The Balaban J connectivity index is 1.94. The summed E-state index contributed by atoms with van der Waals surface area (Å²) in [6.07, 6.45) is 0. The maximum absolute atomic E-state index is 5.62. The van der Waals surface area contributed by atoms with Crippen LogP contribution in [0.3, 0.4) is 0 Å². The van der Waals surface area contributed by atoms with Crippen LogP contribution in [0, 0.1) is 0 Å². The van der Waals surface area contributed by atoms with Crippen LogP contribution in [0.4, 0.5) is 16.8 Å². The number of nitrogens with one attached hydrogen (secondary N) is 1. The van der Waals surface area contributed by atoms with E-state index < -0.39 is 0 Å². The third kappa shape index (κ3) is 2.05. The molecule has 3 rings (SSSR count). The lowest BCUT2D eigenvalue weighted by atomic mass is 10.3. The number of benzene rings is 1. The van der Waals surface area contributed by atoms with E-state index in [4.69, 9.17) is 5.73 Å². The minimum Gasteiger partial charge on any atom is -0.384 e. The summed E-state index contributed by atoms with van der Waals surface area (Å²) in [5.41, 5.74) is 6.61. The Labute approximate surface area is 102 Å². The van der Waals surface area contributed by atoms with Crippen LogP contribution in [0.5, 0.6) is 0 Å². The first-order chi connectivity index (χ1) is 8.31. The fraction of sp³-hybridized carbons (Fsp3) is 0. The Morgan fingerprint density at radius 3 is 2.71 bits per heavy atom. The maximum atomic E-state index is 5.62. The number of thiazole rings is 1. The number of nitrogens with two attached hydrogens (primary N) is 1. The Morgan fingerprint density at radius 1 is 1.00 bits per heavy atom. The van der Waals surface area contributed by atoms with Crippen LogP contribution < -0.4 is 11.1 Å². The normalized spacial score (nSPS) is 10.6. The van der Waals surface area contributed by atoms with Gasteiger partial charge >= 0.3 is 0 Å². The van der Waals surface area contributed by atoms with Gasteiger partial charge in [0.15, 0.2) is 5.13 Å². The zero-order valence-corrected chi connectivity index (χ0v) is 9.74. The van der Waals surface area contributed by atoms with Gasteiger partial charge in [0.2, 0.25) is 0 Å². The summed E-state index contributed by atoms with van der Waals surface area (Å²) in [4.78, 5) is 8.64. The predicted octanol–water partition coefficient (Wildman–Crippen LogP) is 3.02. The third-order valence-electron chi connectivity index (χ3n) is 2.30. The van der Waals surface area contributed by atoms with Gasteiger partial charge in [-0.3, -0.25) is 0 Å². The van der Waals surface area contributed by atoms with Crippen LogP contribution in [0.1, 0.15) is 0 Å². The third-order valence-corrected chi connectivity index (χ3v) is 3.25. The number of para-hydroxylation sites is 1. The van der Waals surface area contributed by atoms with Gasteiger partial charge in [-0.1, -0.05) is 29.5 Å². The summed E-state index contributed by atoms with van der Waals surface area (Å²) in [5, 5.41) is 3.97. The van der Waals surface area contributed by atoms with Crippen molar-refractivity contribution >= 4 is 38.3 Å². The van der Waals surface area contributed by atoms with Crippen LogP contribution in [0.2, 0.25) is 0 Å². The first-order valence-electron chi connectivity index (χ1n) is 5.16. The summed E-state index contributed by atoms with van der Waals surface area (Å²) in [5.74, 6) is 1.21. The molecule has 5 heteroatoms. The van der Waals surface area contributed by atoms with Gasteiger partial charge in [0, 0.05) is 0 Å². The molecular formula is C12H10N4S. The summed E-state index contributed by atoms with van der Waals surface area (Å²) < 4.78 is 1.15. The van der Waals surface area contributed by atoms with Gasteiger partial charge in [0.05, 0.1) is 10.2 Å². The number of nitrogens with zero attached hydrogens (tertiary/aromatic N) is 2. The molecule has 0 aliphatic heterocycles. The molecular weight excluding hydrogens is 232 g/mol. The van der Waals surface area contributed by atoms with E-state index in [1.54, 1.807) is 17.4 Å². The topological polar surface area (TPSA) is 63.8 Å². The SMILES string of the molecule is Nc1cccc(Nc2nc3ccccc3s2)n1. The molecule has 4 nitrogen and oxygen atoms in total. The molecule has 0 saturated heterocycles. The zero-order chi connectivity index (χ0) is 11.7. The molecule has 0 bridgehead atoms. The minimum atomic E-state index is 0.496. The molecule has 0 aliphatic carbocycles. The number of anilines is 3. The quantitative estimate of drug-likeness (QED) is 0.725. The first kappa shape index (κ1) is 10.0. The summed E-state index contributed by atoms with van der Waals surface area (Å²) in [7, 11) is 0. The van der Waals surface area contributed by atoms with E-state index in [-0.39, 0.29) is 0 Å². The lowest BCUT2D eigenvalue weighted by Crippen LogP contribution is -1.95. The second-order valence-electron chi connectivity index (χ2n) is 3.56. The molecule has 2 heterocycles. The van der Waals surface area contributed by atoms with Gasteiger partial charge in [-0.2, -0.15) is 0 Å². The number of fused-ring (bicyclic) bond motifs is 1. The van der Waals surface area contributed by atoms with E-state index in [2.05, 4.69) is 15.3 Å². The lowest BCUT2D eigenvalue weighted by molar-refractivity contribution is 1.30. The van der Waals surface area contributed by atoms with Crippen molar-refractivity contribution < 1.29 is 0 Å². The van der Waals surface area contributed by atoms with Crippen molar-refractivity contribution in [1.82, 2.24) is 9.97 Å². The first-order valence-corrected chi connectivity index (χ1v) is 5.98. The predicted molar refractivity (Wildman–Crippen MR) is 71.6 cm³/mol. The van der Waals surface area contributed by atoms with Crippen LogP contribution in [-0.4, -0.2) is 9.97 Å². The molecule has 84 valence electrons. The maximum Gasteiger partial charge on any atom is 0.189 e. The van der Waals surface area contributed by atoms with Crippen LogP contribution in [0.25, 0.3) is 10.2 Å². The Morgan fingerprint density at radius 2 is 1.88 bits per heavy atom. The molecule has 3 N–H and O–H groups in total. The molecule has 2 aromatic heterocycles. The summed E-state index contributed by atoms with van der Waals surface area (Å²) in [6.45, 7) is 0. The highest BCUT2D eigenvalue weighted by atomic mass is 32.1. The molecule has 0 atom stereocenters. The molecule has 0 aliphatic rings. The minimum absolute atomic E-state index is 0.496. The number of aromatic nitrogens is 2. The molecule has 17 heavy (non-hydrogen) atoms. The lowest BCUT2D eigenvalue weighted by Gasteiger charge is -2.01. The van der Waals surface area contributed by atoms with E-state index >= 15 is 0 Å². The molecule has 0 fully saturated rings. The van der Waals surface area contributed by atoms with Gasteiger partial charge in [-0.05, 0) is 24.3 Å². The largest absolute Gasteiger partial charge is 0.384 e. The van der Waals surface area contributed by atoms with E-state index in [1.165, 1.54) is 0 Å². The van der Waals surface area contributed by atoms with Crippen molar-refractivity contribution in [3.8, 4) is 0 Å². The van der Waals surface area contributed by atoms with Crippen molar-refractivity contribution in [3.05, 3.63) is 42.5 Å². The Hall–Kier alpha value is -2.14. The highest BCUT2D eigenvalue weighted by Gasteiger charge is 2.03. The zero-order valence-electron chi connectivity index (χ0n) is 8.92. The van der Waals surface area contributed by atoms with Crippen molar-refractivity contribution in [2.45, 2.75) is 0 Å². The average molecular weight is 242 g/mol. The van der Waals surface area contributed by atoms with Crippen molar-refractivity contribution in [1.29, 1.82) is 0 Å². The number of hydrogen-bond donors (Lipinski definition) is 2. The van der Waals surface area contributed by atoms with E-state index in [0.717, 1.165) is 15.3 Å². The van der Waals surface area contributed by atoms with Crippen LogP contribution in [-0.2, 0) is 0 Å². The Bertz CT molecular complexity index is 629. The fourth-order valence-corrected chi connectivity index (χ4v) is 2.43. The van der Waals surface area contributed by atoms with Crippen LogP contribution >= 0.6 is 11.3 Å². The number of rotatable bonds is 2. The van der Waals surface area contributed by atoms with Crippen molar-refractivity contribution in [2.24, 2.45) is 0 Å². The monoisotopic (exact) mass is 242 g/mol. The fourth-order valence-electron chi connectivity index (χ4n) is 1.56. The average Bonchev–Trinajstić information content (AvgIpc) is 2.71. The van der Waals surface area contributed by atoms with Gasteiger partial charge in [0.25, 0.3) is 0 Å². The molecule has 0 spiro atoms. The Kier molecular flexibility index (Phi) is 2.38. The standard InChI is InChI=1S/C12H10N4S/c13-10-6-3-7-11(15-10)16-12-14-8-4-1-2-5-9(8)17-12/h1-7H,(H3,13,14,15,16). The van der Waals surface area contributed by atoms with Gasteiger partial charge in [-0.15, -0.1) is 0 Å². The molecule has 3 aromatic rings. The van der Waals surface area contributed by atoms with Crippen molar-refractivity contribution in [3.63, 3.8) is 0 Å². The van der Waals surface area contributed by atoms with E-state index in [1.807, 2.05) is 36.4 Å². The molecule has 0 amide bonds. The summed E-state index contributed by atoms with van der Waals surface area (Å²) >= 11 is 1.59. The van der Waals surface area contributed by atoms with E-state index in [0.29, 0.717) is 11.6 Å².